The maximum atomic E-state index is 13.6. The number of ether oxygens (including phenoxy) is 1. The third-order valence-electron chi connectivity index (χ3n) is 3.41. The number of hydrogen-bond donors (Lipinski definition) is 0. The van der Waals surface area contributed by atoms with E-state index in [-0.39, 0.29) is 0 Å². The summed E-state index contributed by atoms with van der Waals surface area (Å²) < 4.78 is 19.2. The van der Waals surface area contributed by atoms with Crippen molar-refractivity contribution in [2.45, 2.75) is 32.4 Å². The zero-order valence-corrected chi connectivity index (χ0v) is 11.8. The molecule has 0 atom stereocenters. The van der Waals surface area contributed by atoms with Gasteiger partial charge in [0.1, 0.15) is 5.67 Å². The first-order chi connectivity index (χ1) is 9.03. The molecule has 0 bridgehead atoms. The molecule has 1 aliphatic heterocycles. The molecule has 2 heterocycles. The second-order valence-electron chi connectivity index (χ2n) is 5.92. The molecule has 0 aliphatic carbocycles. The van der Waals surface area contributed by atoms with E-state index >= 15 is 0 Å². The lowest BCUT2D eigenvalue weighted by Crippen LogP contribution is -2.41. The summed E-state index contributed by atoms with van der Waals surface area (Å²) in [6.45, 7) is 6.45. The van der Waals surface area contributed by atoms with Crippen LogP contribution in [0, 0.1) is 5.92 Å². The predicted molar refractivity (Wildman–Crippen MR) is 74.1 cm³/mol. The Morgan fingerprint density at radius 2 is 2.11 bits per heavy atom. The van der Waals surface area contributed by atoms with Gasteiger partial charge in [0.25, 0.3) is 0 Å². The van der Waals surface area contributed by atoms with Gasteiger partial charge < -0.3 is 9.64 Å². The van der Waals surface area contributed by atoms with Crippen molar-refractivity contribution in [3.05, 3.63) is 24.4 Å². The minimum atomic E-state index is -1.10. The first-order valence-corrected chi connectivity index (χ1v) is 6.98. The Morgan fingerprint density at radius 1 is 1.37 bits per heavy atom. The van der Waals surface area contributed by atoms with Crippen LogP contribution in [0.1, 0.15) is 26.7 Å². The van der Waals surface area contributed by atoms with Crippen LogP contribution in [0.15, 0.2) is 24.4 Å². The smallest absolute Gasteiger partial charge is 0.213 e. The van der Waals surface area contributed by atoms with E-state index in [1.165, 1.54) is 0 Å². The van der Waals surface area contributed by atoms with Crippen molar-refractivity contribution in [3.63, 3.8) is 0 Å². The number of aromatic nitrogens is 1. The van der Waals surface area contributed by atoms with E-state index in [0.29, 0.717) is 24.9 Å². The number of alkyl halides is 1. The molecule has 19 heavy (non-hydrogen) atoms. The summed E-state index contributed by atoms with van der Waals surface area (Å²) in [6, 6.07) is 5.68. The zero-order chi connectivity index (χ0) is 13.7. The second kappa shape index (κ2) is 6.33. The van der Waals surface area contributed by atoms with E-state index in [0.717, 1.165) is 25.9 Å². The Kier molecular flexibility index (Phi) is 4.75. The Bertz CT molecular complexity index is 369. The summed E-state index contributed by atoms with van der Waals surface area (Å²) in [7, 11) is 0. The summed E-state index contributed by atoms with van der Waals surface area (Å²) >= 11 is 0. The largest absolute Gasteiger partial charge is 0.477 e. The second-order valence-corrected chi connectivity index (χ2v) is 5.92. The summed E-state index contributed by atoms with van der Waals surface area (Å²) in [6.07, 6.45) is 3.88. The fourth-order valence-corrected chi connectivity index (χ4v) is 2.48. The third-order valence-corrected chi connectivity index (χ3v) is 3.41. The van der Waals surface area contributed by atoms with Gasteiger partial charge in [0.15, 0.2) is 0 Å². The summed E-state index contributed by atoms with van der Waals surface area (Å²) in [4.78, 5) is 6.35. The van der Waals surface area contributed by atoms with E-state index in [1.54, 1.807) is 20.0 Å². The molecule has 1 aromatic rings. The Morgan fingerprint density at radius 3 is 2.68 bits per heavy atom. The van der Waals surface area contributed by atoms with Gasteiger partial charge in [-0.05, 0) is 51.8 Å². The highest BCUT2D eigenvalue weighted by Crippen LogP contribution is 2.21. The minimum absolute atomic E-state index is 0.529. The van der Waals surface area contributed by atoms with Gasteiger partial charge in [-0.25, -0.2) is 9.37 Å². The van der Waals surface area contributed by atoms with Gasteiger partial charge in [-0.3, -0.25) is 0 Å². The van der Waals surface area contributed by atoms with Crippen molar-refractivity contribution < 1.29 is 9.13 Å². The molecule has 0 aromatic carbocycles. The highest BCUT2D eigenvalue weighted by Gasteiger charge is 2.25. The molecule has 106 valence electrons. The highest BCUT2D eigenvalue weighted by atomic mass is 19.1. The van der Waals surface area contributed by atoms with E-state index in [4.69, 9.17) is 4.74 Å². The van der Waals surface area contributed by atoms with Crippen LogP contribution in [0.25, 0.3) is 0 Å². The Hall–Kier alpha value is -1.16. The van der Waals surface area contributed by atoms with E-state index in [9.17, 15) is 4.39 Å². The zero-order valence-electron chi connectivity index (χ0n) is 11.8. The average Bonchev–Trinajstić information content (AvgIpc) is 2.37. The van der Waals surface area contributed by atoms with Gasteiger partial charge in [0, 0.05) is 18.8 Å². The van der Waals surface area contributed by atoms with Crippen LogP contribution in [0.4, 0.5) is 4.39 Å². The van der Waals surface area contributed by atoms with Crippen LogP contribution < -0.4 is 4.74 Å². The van der Waals surface area contributed by atoms with Crippen LogP contribution >= 0.6 is 0 Å². The molecule has 0 amide bonds. The van der Waals surface area contributed by atoms with Crippen LogP contribution in [0.3, 0.4) is 0 Å². The summed E-state index contributed by atoms with van der Waals surface area (Å²) in [5, 5.41) is 0. The number of halogens is 1. The molecular weight excluding hydrogens is 243 g/mol. The minimum Gasteiger partial charge on any atom is -0.477 e. The van der Waals surface area contributed by atoms with Crippen LogP contribution in [0.2, 0.25) is 0 Å². The SMILES string of the molecule is CC(C)(F)CN1CCC(COc2ccccn2)CC1. The standard InChI is InChI=1S/C15H23FN2O/c1-15(2,16)12-18-9-6-13(7-10-18)11-19-14-5-3-4-8-17-14/h3-5,8,13H,6-7,9-12H2,1-2H3. The maximum Gasteiger partial charge on any atom is 0.213 e. The van der Waals surface area contributed by atoms with Crippen molar-refractivity contribution in [2.75, 3.05) is 26.2 Å². The highest BCUT2D eigenvalue weighted by molar-refractivity contribution is 5.09. The van der Waals surface area contributed by atoms with E-state index in [1.807, 2.05) is 18.2 Å². The van der Waals surface area contributed by atoms with Crippen molar-refractivity contribution >= 4 is 0 Å². The lowest BCUT2D eigenvalue weighted by molar-refractivity contribution is 0.0830. The van der Waals surface area contributed by atoms with Gasteiger partial charge in [0.2, 0.25) is 5.88 Å². The quantitative estimate of drug-likeness (QED) is 0.819. The fraction of sp³-hybridized carbons (Fsp3) is 0.667. The van der Waals surface area contributed by atoms with Crippen LogP contribution in [0.5, 0.6) is 5.88 Å². The number of hydrogen-bond acceptors (Lipinski definition) is 3. The molecule has 1 fully saturated rings. The molecule has 0 N–H and O–H groups in total. The molecule has 1 aromatic heterocycles. The maximum absolute atomic E-state index is 13.6. The molecule has 0 spiro atoms. The van der Waals surface area contributed by atoms with Gasteiger partial charge in [0.05, 0.1) is 6.61 Å². The topological polar surface area (TPSA) is 25.4 Å². The Balaban J connectivity index is 1.69. The molecule has 4 heteroatoms. The van der Waals surface area contributed by atoms with E-state index < -0.39 is 5.67 Å². The normalized spacial score (nSPS) is 18.5. The van der Waals surface area contributed by atoms with E-state index in [2.05, 4.69) is 9.88 Å². The number of nitrogens with zero attached hydrogens (tertiary/aromatic N) is 2. The predicted octanol–water partition coefficient (Wildman–Crippen LogP) is 2.92. The van der Waals surface area contributed by atoms with Gasteiger partial charge in [-0.1, -0.05) is 6.07 Å². The number of rotatable bonds is 5. The van der Waals surface area contributed by atoms with Crippen molar-refractivity contribution in [1.29, 1.82) is 0 Å². The first-order valence-electron chi connectivity index (χ1n) is 6.98. The molecular formula is C15H23FN2O. The monoisotopic (exact) mass is 266 g/mol. The lowest BCUT2D eigenvalue weighted by atomic mass is 9.97. The van der Waals surface area contributed by atoms with Crippen molar-refractivity contribution in [3.8, 4) is 5.88 Å². The molecule has 0 radical (unpaired) electrons. The third kappa shape index (κ3) is 5.15. The molecule has 0 unspecified atom stereocenters. The summed E-state index contributed by atoms with van der Waals surface area (Å²) in [5.41, 5.74) is -1.10. The average molecular weight is 266 g/mol. The Labute approximate surface area is 114 Å². The molecule has 3 nitrogen and oxygen atoms in total. The van der Waals surface area contributed by atoms with Crippen molar-refractivity contribution in [1.82, 2.24) is 9.88 Å². The van der Waals surface area contributed by atoms with Gasteiger partial charge in [-0.15, -0.1) is 0 Å². The number of likely N-dealkylation sites (tertiary alicyclic amines) is 1. The van der Waals surface area contributed by atoms with Gasteiger partial charge in [-0.2, -0.15) is 0 Å². The van der Waals surface area contributed by atoms with Crippen LogP contribution in [-0.2, 0) is 0 Å². The number of piperidine rings is 1. The van der Waals surface area contributed by atoms with Crippen molar-refractivity contribution in [2.24, 2.45) is 5.92 Å². The molecule has 0 saturated carbocycles. The van der Waals surface area contributed by atoms with Crippen LogP contribution in [-0.4, -0.2) is 41.8 Å². The molecule has 1 aliphatic rings. The molecule has 1 saturated heterocycles. The molecule has 2 rings (SSSR count). The number of pyridine rings is 1. The first kappa shape index (κ1) is 14.3. The fourth-order valence-electron chi connectivity index (χ4n) is 2.48. The lowest BCUT2D eigenvalue weighted by Gasteiger charge is -2.34. The summed E-state index contributed by atoms with van der Waals surface area (Å²) in [5.74, 6) is 1.25. The van der Waals surface area contributed by atoms with Gasteiger partial charge >= 0.3 is 0 Å².